The molecule has 0 heterocycles. The second-order valence-corrected chi connectivity index (χ2v) is 8.17. The first-order valence-electron chi connectivity index (χ1n) is 11.9. The molecule has 0 bridgehead atoms. The SMILES string of the molecule is COc1ccccc1N(c1ccccc1OC)c1ccccc1N(c1ccccc1)c1ccccc1. The Labute approximate surface area is 212 Å². The summed E-state index contributed by atoms with van der Waals surface area (Å²) in [7, 11) is 3.40. The largest absolute Gasteiger partial charge is 0.495 e. The lowest BCUT2D eigenvalue weighted by molar-refractivity contribution is 0.413. The molecule has 5 aromatic rings. The third-order valence-electron chi connectivity index (χ3n) is 6.04. The molecular formula is C32H28N2O2. The number of benzene rings is 5. The van der Waals surface area contributed by atoms with Crippen molar-refractivity contribution in [2.75, 3.05) is 24.0 Å². The van der Waals surface area contributed by atoms with Gasteiger partial charge in [0.15, 0.2) is 0 Å². The van der Waals surface area contributed by atoms with Crippen molar-refractivity contribution in [1.82, 2.24) is 0 Å². The minimum absolute atomic E-state index is 0.768. The average Bonchev–Trinajstić information content (AvgIpc) is 2.96. The molecule has 0 saturated heterocycles. The van der Waals surface area contributed by atoms with Gasteiger partial charge in [-0.1, -0.05) is 72.8 Å². The summed E-state index contributed by atoms with van der Waals surface area (Å²) in [6, 6.07) is 45.3. The average molecular weight is 473 g/mol. The molecule has 4 heteroatoms. The van der Waals surface area contributed by atoms with E-state index in [2.05, 4.69) is 94.7 Å². The van der Waals surface area contributed by atoms with Crippen molar-refractivity contribution in [3.63, 3.8) is 0 Å². The number of methoxy groups -OCH3 is 2. The lowest BCUT2D eigenvalue weighted by atomic mass is 10.1. The Balaban J connectivity index is 1.80. The molecule has 5 rings (SSSR count). The number of para-hydroxylation sites is 8. The maximum absolute atomic E-state index is 5.82. The molecule has 0 saturated carbocycles. The van der Waals surface area contributed by atoms with Crippen molar-refractivity contribution in [2.45, 2.75) is 0 Å². The normalized spacial score (nSPS) is 10.5. The van der Waals surface area contributed by atoms with Gasteiger partial charge in [-0.25, -0.2) is 0 Å². The van der Waals surface area contributed by atoms with Gasteiger partial charge in [-0.3, -0.25) is 0 Å². The van der Waals surface area contributed by atoms with Crippen molar-refractivity contribution in [1.29, 1.82) is 0 Å². The summed E-state index contributed by atoms with van der Waals surface area (Å²) in [5.74, 6) is 1.54. The minimum atomic E-state index is 0.768. The van der Waals surface area contributed by atoms with Crippen molar-refractivity contribution < 1.29 is 9.47 Å². The summed E-state index contributed by atoms with van der Waals surface area (Å²) in [6.45, 7) is 0. The smallest absolute Gasteiger partial charge is 0.142 e. The standard InChI is InChI=1S/C32H28N2O2/c1-35-31-23-13-11-21-29(31)34(30-22-12-14-24-32(30)36-2)28-20-10-9-19-27(28)33(25-15-5-3-6-16-25)26-17-7-4-8-18-26/h3-24H,1-2H3. The van der Waals surface area contributed by atoms with Gasteiger partial charge in [0.25, 0.3) is 0 Å². The molecule has 36 heavy (non-hydrogen) atoms. The van der Waals surface area contributed by atoms with Gasteiger partial charge in [-0.05, 0) is 60.7 Å². The summed E-state index contributed by atoms with van der Waals surface area (Å²) in [5, 5.41) is 0. The molecule has 0 atom stereocenters. The fourth-order valence-corrected chi connectivity index (χ4v) is 4.44. The topological polar surface area (TPSA) is 24.9 Å². The molecule has 4 nitrogen and oxygen atoms in total. The van der Waals surface area contributed by atoms with E-state index >= 15 is 0 Å². The molecule has 0 aliphatic rings. The van der Waals surface area contributed by atoms with Gasteiger partial charge in [0, 0.05) is 11.4 Å². The van der Waals surface area contributed by atoms with E-state index in [4.69, 9.17) is 9.47 Å². The zero-order valence-corrected chi connectivity index (χ0v) is 20.4. The van der Waals surface area contributed by atoms with E-state index in [1.54, 1.807) is 14.2 Å². The second kappa shape index (κ2) is 10.7. The van der Waals surface area contributed by atoms with Gasteiger partial charge in [0.2, 0.25) is 0 Å². The summed E-state index contributed by atoms with van der Waals surface area (Å²) >= 11 is 0. The van der Waals surface area contributed by atoms with Crippen LogP contribution in [0.1, 0.15) is 0 Å². The zero-order chi connectivity index (χ0) is 24.7. The first-order chi connectivity index (χ1) is 17.8. The third kappa shape index (κ3) is 4.49. The van der Waals surface area contributed by atoms with Crippen LogP contribution in [0.3, 0.4) is 0 Å². The highest BCUT2D eigenvalue weighted by atomic mass is 16.5. The van der Waals surface area contributed by atoms with Gasteiger partial charge < -0.3 is 19.3 Å². The number of ether oxygens (including phenoxy) is 2. The molecule has 0 aliphatic carbocycles. The molecular weight excluding hydrogens is 444 g/mol. The van der Waals surface area contributed by atoms with Crippen LogP contribution in [0.2, 0.25) is 0 Å². The number of nitrogens with zero attached hydrogens (tertiary/aromatic N) is 2. The lowest BCUT2D eigenvalue weighted by Crippen LogP contribution is -2.17. The van der Waals surface area contributed by atoms with Gasteiger partial charge in [0.1, 0.15) is 11.5 Å². The molecule has 0 fully saturated rings. The van der Waals surface area contributed by atoms with Crippen LogP contribution in [0, 0.1) is 0 Å². The van der Waals surface area contributed by atoms with Crippen LogP contribution in [0.5, 0.6) is 11.5 Å². The number of hydrogen-bond acceptors (Lipinski definition) is 4. The van der Waals surface area contributed by atoms with E-state index in [0.717, 1.165) is 45.6 Å². The number of anilines is 6. The second-order valence-electron chi connectivity index (χ2n) is 8.17. The molecule has 0 spiro atoms. The monoisotopic (exact) mass is 472 g/mol. The lowest BCUT2D eigenvalue weighted by Gasteiger charge is -2.34. The van der Waals surface area contributed by atoms with Crippen LogP contribution in [0.25, 0.3) is 0 Å². The molecule has 0 aliphatic heterocycles. The van der Waals surface area contributed by atoms with E-state index in [1.807, 2.05) is 48.5 Å². The Hall–Kier alpha value is -4.70. The first-order valence-corrected chi connectivity index (χ1v) is 11.9. The molecule has 0 radical (unpaired) electrons. The van der Waals surface area contributed by atoms with Crippen LogP contribution in [-0.2, 0) is 0 Å². The highest BCUT2D eigenvalue weighted by Crippen LogP contribution is 2.49. The van der Waals surface area contributed by atoms with Gasteiger partial charge in [-0.2, -0.15) is 0 Å². The maximum atomic E-state index is 5.82. The number of rotatable bonds is 8. The molecule has 178 valence electrons. The Bertz CT molecular complexity index is 1330. The van der Waals surface area contributed by atoms with Crippen molar-refractivity contribution in [3.05, 3.63) is 133 Å². The van der Waals surface area contributed by atoms with Crippen LogP contribution < -0.4 is 19.3 Å². The molecule has 5 aromatic carbocycles. The molecule has 0 N–H and O–H groups in total. The van der Waals surface area contributed by atoms with Crippen molar-refractivity contribution in [3.8, 4) is 11.5 Å². The highest BCUT2D eigenvalue weighted by molar-refractivity contribution is 5.93. The van der Waals surface area contributed by atoms with E-state index in [0.29, 0.717) is 0 Å². The summed E-state index contributed by atoms with van der Waals surface area (Å²) < 4.78 is 11.6. The zero-order valence-electron chi connectivity index (χ0n) is 20.4. The van der Waals surface area contributed by atoms with Crippen LogP contribution in [0.4, 0.5) is 34.1 Å². The quantitative estimate of drug-likeness (QED) is 0.226. The van der Waals surface area contributed by atoms with Crippen molar-refractivity contribution in [2.24, 2.45) is 0 Å². The third-order valence-corrected chi connectivity index (χ3v) is 6.04. The Morgan fingerprint density at radius 1 is 0.361 bits per heavy atom. The first kappa shape index (κ1) is 23.1. The van der Waals surface area contributed by atoms with E-state index in [1.165, 1.54) is 0 Å². The Kier molecular flexibility index (Phi) is 6.86. The van der Waals surface area contributed by atoms with E-state index in [9.17, 15) is 0 Å². The minimum Gasteiger partial charge on any atom is -0.495 e. The fourth-order valence-electron chi connectivity index (χ4n) is 4.44. The summed E-state index contributed by atoms with van der Waals surface area (Å²) in [4.78, 5) is 4.47. The summed E-state index contributed by atoms with van der Waals surface area (Å²) in [6.07, 6.45) is 0. The van der Waals surface area contributed by atoms with Gasteiger partial charge in [0.05, 0.1) is 37.0 Å². The molecule has 0 amide bonds. The van der Waals surface area contributed by atoms with Crippen molar-refractivity contribution >= 4 is 34.1 Å². The van der Waals surface area contributed by atoms with E-state index in [-0.39, 0.29) is 0 Å². The fraction of sp³-hybridized carbons (Fsp3) is 0.0625. The maximum Gasteiger partial charge on any atom is 0.142 e. The Morgan fingerprint density at radius 2 is 0.694 bits per heavy atom. The Morgan fingerprint density at radius 3 is 1.11 bits per heavy atom. The van der Waals surface area contributed by atoms with Crippen LogP contribution in [0.15, 0.2) is 133 Å². The van der Waals surface area contributed by atoms with Gasteiger partial charge >= 0.3 is 0 Å². The molecule has 0 aromatic heterocycles. The predicted octanol–water partition coefficient (Wildman–Crippen LogP) is 8.64. The highest BCUT2D eigenvalue weighted by Gasteiger charge is 2.25. The van der Waals surface area contributed by atoms with Gasteiger partial charge in [-0.15, -0.1) is 0 Å². The molecule has 0 unspecified atom stereocenters. The number of hydrogen-bond donors (Lipinski definition) is 0. The predicted molar refractivity (Wildman–Crippen MR) is 149 cm³/mol. The van der Waals surface area contributed by atoms with E-state index < -0.39 is 0 Å². The van der Waals surface area contributed by atoms with Crippen LogP contribution in [-0.4, -0.2) is 14.2 Å². The summed E-state index contributed by atoms with van der Waals surface area (Å²) in [5.41, 5.74) is 5.97. The van der Waals surface area contributed by atoms with Crippen LogP contribution >= 0.6 is 0 Å².